The van der Waals surface area contributed by atoms with Gasteiger partial charge < -0.3 is 9.88 Å². The molecule has 0 saturated heterocycles. The van der Waals surface area contributed by atoms with E-state index in [0.29, 0.717) is 5.69 Å². The van der Waals surface area contributed by atoms with Crippen molar-refractivity contribution in [1.29, 1.82) is 0 Å². The molecular weight excluding hydrogens is 400 g/mol. The number of rotatable bonds is 6. The SMILES string of the molecule is CN(C1CCCCC1)S(=O)(=O)c1ccccc1NC(=O)Cn1cnc2ccccc21. The number of amides is 1. The summed E-state index contributed by atoms with van der Waals surface area (Å²) in [5.41, 5.74) is 1.96. The Bertz CT molecular complexity index is 1150. The number of para-hydroxylation sites is 3. The van der Waals surface area contributed by atoms with Gasteiger partial charge in [0, 0.05) is 13.1 Å². The molecule has 0 radical (unpaired) electrons. The van der Waals surface area contributed by atoms with Crippen molar-refractivity contribution in [2.75, 3.05) is 12.4 Å². The zero-order valence-electron chi connectivity index (χ0n) is 17.0. The number of fused-ring (bicyclic) bond motifs is 1. The zero-order chi connectivity index (χ0) is 21.1. The molecule has 0 spiro atoms. The van der Waals surface area contributed by atoms with Gasteiger partial charge in [0.15, 0.2) is 0 Å². The minimum absolute atomic E-state index is 0.00446. The highest BCUT2D eigenvalue weighted by molar-refractivity contribution is 7.89. The van der Waals surface area contributed by atoms with E-state index in [0.717, 1.165) is 43.1 Å². The van der Waals surface area contributed by atoms with Crippen LogP contribution in [0.5, 0.6) is 0 Å². The monoisotopic (exact) mass is 426 g/mol. The number of sulfonamides is 1. The van der Waals surface area contributed by atoms with Gasteiger partial charge in [0.1, 0.15) is 11.4 Å². The van der Waals surface area contributed by atoms with Gasteiger partial charge in [-0.3, -0.25) is 4.79 Å². The third kappa shape index (κ3) is 4.11. The van der Waals surface area contributed by atoms with Gasteiger partial charge in [-0.15, -0.1) is 0 Å². The lowest BCUT2D eigenvalue weighted by molar-refractivity contribution is -0.116. The van der Waals surface area contributed by atoms with Crippen LogP contribution in [0.4, 0.5) is 5.69 Å². The van der Waals surface area contributed by atoms with E-state index in [2.05, 4.69) is 10.3 Å². The van der Waals surface area contributed by atoms with E-state index in [1.165, 1.54) is 4.31 Å². The highest BCUT2D eigenvalue weighted by Gasteiger charge is 2.31. The fraction of sp³-hybridized carbons (Fsp3) is 0.364. The smallest absolute Gasteiger partial charge is 0.245 e. The summed E-state index contributed by atoms with van der Waals surface area (Å²) in [4.78, 5) is 17.1. The van der Waals surface area contributed by atoms with Crippen LogP contribution >= 0.6 is 0 Å². The van der Waals surface area contributed by atoms with E-state index in [1.54, 1.807) is 42.2 Å². The number of nitrogens with zero attached hydrogens (tertiary/aromatic N) is 3. The normalized spacial score (nSPS) is 15.5. The maximum atomic E-state index is 13.3. The van der Waals surface area contributed by atoms with E-state index in [9.17, 15) is 13.2 Å². The third-order valence-corrected chi connectivity index (χ3v) is 7.72. The van der Waals surface area contributed by atoms with Crippen LogP contribution in [0.15, 0.2) is 59.8 Å². The fourth-order valence-electron chi connectivity index (χ4n) is 4.07. The predicted octanol–water partition coefficient (Wildman–Crippen LogP) is 3.63. The van der Waals surface area contributed by atoms with Crippen LogP contribution in [-0.2, 0) is 21.4 Å². The molecule has 1 heterocycles. The molecule has 3 aromatic rings. The largest absolute Gasteiger partial charge is 0.323 e. The molecule has 0 atom stereocenters. The number of nitrogens with one attached hydrogen (secondary N) is 1. The van der Waals surface area contributed by atoms with Crippen LogP contribution in [0.2, 0.25) is 0 Å². The molecule has 0 unspecified atom stereocenters. The highest BCUT2D eigenvalue weighted by Crippen LogP contribution is 2.29. The van der Waals surface area contributed by atoms with E-state index < -0.39 is 10.0 Å². The Morgan fingerprint density at radius 2 is 1.80 bits per heavy atom. The first-order chi connectivity index (χ1) is 14.5. The van der Waals surface area contributed by atoms with Gasteiger partial charge in [-0.2, -0.15) is 4.31 Å². The maximum Gasteiger partial charge on any atom is 0.245 e. The summed E-state index contributed by atoms with van der Waals surface area (Å²) < 4.78 is 29.8. The number of benzene rings is 2. The molecule has 158 valence electrons. The molecule has 0 aliphatic heterocycles. The van der Waals surface area contributed by atoms with Gasteiger partial charge in [0.2, 0.25) is 15.9 Å². The molecule has 4 rings (SSSR count). The van der Waals surface area contributed by atoms with Crippen LogP contribution in [0.3, 0.4) is 0 Å². The molecule has 30 heavy (non-hydrogen) atoms. The fourth-order valence-corrected chi connectivity index (χ4v) is 5.63. The molecule has 1 saturated carbocycles. The summed E-state index contributed by atoms with van der Waals surface area (Å²) in [5.74, 6) is -0.305. The highest BCUT2D eigenvalue weighted by atomic mass is 32.2. The molecule has 1 N–H and O–H groups in total. The van der Waals surface area contributed by atoms with Gasteiger partial charge in [-0.1, -0.05) is 43.5 Å². The van der Waals surface area contributed by atoms with Crippen molar-refractivity contribution in [3.8, 4) is 0 Å². The second kappa shape index (κ2) is 8.57. The third-order valence-electron chi connectivity index (χ3n) is 5.75. The van der Waals surface area contributed by atoms with E-state index in [1.807, 2.05) is 24.3 Å². The lowest BCUT2D eigenvalue weighted by Crippen LogP contribution is -2.38. The maximum absolute atomic E-state index is 13.3. The van der Waals surface area contributed by atoms with Crippen molar-refractivity contribution < 1.29 is 13.2 Å². The van der Waals surface area contributed by atoms with Crippen molar-refractivity contribution in [1.82, 2.24) is 13.9 Å². The molecule has 1 aliphatic rings. The summed E-state index contributed by atoms with van der Waals surface area (Å²) in [7, 11) is -2.07. The first-order valence-corrected chi connectivity index (χ1v) is 11.7. The Kier molecular flexibility index (Phi) is 5.87. The Labute approximate surface area is 176 Å². The molecular formula is C22H26N4O3S. The van der Waals surface area contributed by atoms with Crippen LogP contribution in [0.1, 0.15) is 32.1 Å². The Balaban J connectivity index is 1.54. The Morgan fingerprint density at radius 1 is 1.10 bits per heavy atom. The summed E-state index contributed by atoms with van der Waals surface area (Å²) in [6.07, 6.45) is 6.60. The van der Waals surface area contributed by atoms with Crippen molar-refractivity contribution in [2.24, 2.45) is 0 Å². The van der Waals surface area contributed by atoms with Crippen LogP contribution in [-0.4, -0.2) is 41.3 Å². The summed E-state index contributed by atoms with van der Waals surface area (Å²) in [5, 5.41) is 2.78. The molecule has 1 aliphatic carbocycles. The molecule has 1 aromatic heterocycles. The first kappa shape index (κ1) is 20.6. The minimum atomic E-state index is -3.71. The summed E-state index contributed by atoms with van der Waals surface area (Å²) in [6, 6.07) is 14.2. The molecule has 7 nitrogen and oxygen atoms in total. The zero-order valence-corrected chi connectivity index (χ0v) is 17.8. The summed E-state index contributed by atoms with van der Waals surface area (Å²) in [6.45, 7) is 0.0490. The molecule has 2 aromatic carbocycles. The first-order valence-electron chi connectivity index (χ1n) is 10.2. The number of hydrogen-bond acceptors (Lipinski definition) is 4. The average molecular weight is 427 g/mol. The van der Waals surface area contributed by atoms with E-state index >= 15 is 0 Å². The van der Waals surface area contributed by atoms with Crippen LogP contribution in [0.25, 0.3) is 11.0 Å². The number of hydrogen-bond donors (Lipinski definition) is 1. The van der Waals surface area contributed by atoms with E-state index in [4.69, 9.17) is 0 Å². The van der Waals surface area contributed by atoms with Crippen molar-refractivity contribution in [2.45, 2.75) is 49.6 Å². The Hall–Kier alpha value is -2.71. The number of aromatic nitrogens is 2. The Morgan fingerprint density at radius 3 is 2.60 bits per heavy atom. The number of anilines is 1. The number of carbonyl (C=O) groups is 1. The molecule has 8 heteroatoms. The average Bonchev–Trinajstić information content (AvgIpc) is 3.17. The topological polar surface area (TPSA) is 84.3 Å². The lowest BCUT2D eigenvalue weighted by atomic mass is 9.96. The van der Waals surface area contributed by atoms with Gasteiger partial charge in [-0.25, -0.2) is 13.4 Å². The van der Waals surface area contributed by atoms with Crippen LogP contribution in [0, 0.1) is 0 Å². The standard InChI is InChI=1S/C22H26N4O3S/c1-25(17-9-3-2-4-10-17)30(28,29)21-14-8-6-12-19(21)24-22(27)15-26-16-23-18-11-5-7-13-20(18)26/h5-8,11-14,16-17H,2-4,9-10,15H2,1H3,(H,24,27). The van der Waals surface area contributed by atoms with Gasteiger partial charge in [-0.05, 0) is 37.1 Å². The van der Waals surface area contributed by atoms with Crippen molar-refractivity contribution in [3.05, 3.63) is 54.9 Å². The predicted molar refractivity (Wildman–Crippen MR) is 117 cm³/mol. The summed E-state index contributed by atoms with van der Waals surface area (Å²) >= 11 is 0. The van der Waals surface area contributed by atoms with Crippen molar-refractivity contribution >= 4 is 32.7 Å². The second-order valence-corrected chi connectivity index (χ2v) is 9.68. The molecule has 1 amide bonds. The van der Waals surface area contributed by atoms with E-state index in [-0.39, 0.29) is 23.4 Å². The van der Waals surface area contributed by atoms with Gasteiger partial charge in [0.25, 0.3) is 0 Å². The minimum Gasteiger partial charge on any atom is -0.323 e. The van der Waals surface area contributed by atoms with Gasteiger partial charge in [0.05, 0.1) is 23.0 Å². The van der Waals surface area contributed by atoms with Crippen LogP contribution < -0.4 is 5.32 Å². The quantitative estimate of drug-likeness (QED) is 0.652. The number of carbonyl (C=O) groups excluding carboxylic acids is 1. The lowest BCUT2D eigenvalue weighted by Gasteiger charge is -2.30. The molecule has 0 bridgehead atoms. The van der Waals surface area contributed by atoms with Crippen molar-refractivity contribution in [3.63, 3.8) is 0 Å². The molecule has 1 fully saturated rings. The van der Waals surface area contributed by atoms with Gasteiger partial charge >= 0.3 is 0 Å². The second-order valence-electron chi connectivity index (χ2n) is 7.72. The number of imidazole rings is 1.